The van der Waals surface area contributed by atoms with Crippen molar-refractivity contribution in [2.75, 3.05) is 7.11 Å². The van der Waals surface area contributed by atoms with E-state index in [2.05, 4.69) is 10.3 Å². The van der Waals surface area contributed by atoms with Gasteiger partial charge in [-0.1, -0.05) is 42.5 Å². The van der Waals surface area contributed by atoms with E-state index in [-0.39, 0.29) is 17.7 Å². The molecule has 0 aliphatic carbocycles. The third kappa shape index (κ3) is 7.16. The van der Waals surface area contributed by atoms with Crippen LogP contribution in [0.5, 0.6) is 0 Å². The van der Waals surface area contributed by atoms with Gasteiger partial charge in [-0.05, 0) is 45.7 Å². The Labute approximate surface area is 227 Å². The van der Waals surface area contributed by atoms with Crippen molar-refractivity contribution >= 4 is 29.2 Å². The Morgan fingerprint density at radius 2 is 1.74 bits per heavy atom. The van der Waals surface area contributed by atoms with Gasteiger partial charge >= 0.3 is 11.9 Å². The van der Waals surface area contributed by atoms with Crippen LogP contribution in [0.2, 0.25) is 0 Å². The number of hydrogen-bond donors (Lipinski definition) is 1. The van der Waals surface area contributed by atoms with Gasteiger partial charge in [-0.15, -0.1) is 0 Å². The number of rotatable bonds is 8. The smallest absolute Gasteiger partial charge is 0.329 e. The minimum atomic E-state index is -1.05. The lowest BCUT2D eigenvalue weighted by Gasteiger charge is -2.32. The molecule has 206 valence electrons. The van der Waals surface area contributed by atoms with Crippen molar-refractivity contribution < 1.29 is 28.8 Å². The van der Waals surface area contributed by atoms with Crippen LogP contribution in [0.4, 0.5) is 5.69 Å². The highest BCUT2D eigenvalue weighted by Crippen LogP contribution is 2.40. The van der Waals surface area contributed by atoms with Gasteiger partial charge in [0.1, 0.15) is 17.6 Å². The summed E-state index contributed by atoms with van der Waals surface area (Å²) in [6, 6.07) is 13.9. The maximum absolute atomic E-state index is 13.9. The molecule has 10 nitrogen and oxygen atoms in total. The average Bonchev–Trinajstić information content (AvgIpc) is 2.87. The van der Waals surface area contributed by atoms with Gasteiger partial charge in [0, 0.05) is 41.5 Å². The Bertz CT molecular complexity index is 1330. The number of ether oxygens (including phenoxy) is 2. The molecule has 0 bridgehead atoms. The number of hydrogen-bond acceptors (Lipinski definition) is 8. The standard InChI is InChI=1S/C29H33N3O7/c1-17-23(26(33)31-22(27(34)39-29(3,4)5)15-19-11-8-7-9-12-19)25(24(18(2)30-17)28(35)38-6)20-13-10-14-21(16-20)32(36)37/h7-14,16,22,24-25H,15H2,1-6H3,(H,31,33)/t22-,24?,25?/m0/s1. The molecule has 3 rings (SSSR count). The molecule has 0 spiro atoms. The predicted octanol–water partition coefficient (Wildman–Crippen LogP) is 4.29. The predicted molar refractivity (Wildman–Crippen MR) is 145 cm³/mol. The number of nitrogens with zero attached hydrogens (tertiary/aromatic N) is 2. The van der Waals surface area contributed by atoms with Crippen LogP contribution in [0.1, 0.15) is 51.7 Å². The number of allylic oxidation sites excluding steroid dienone is 1. The van der Waals surface area contributed by atoms with Crippen molar-refractivity contribution in [2.45, 2.75) is 58.6 Å². The number of methoxy groups -OCH3 is 1. The van der Waals surface area contributed by atoms with E-state index in [9.17, 15) is 24.5 Å². The van der Waals surface area contributed by atoms with Crippen LogP contribution in [0.15, 0.2) is 70.9 Å². The maximum Gasteiger partial charge on any atom is 0.329 e. The van der Waals surface area contributed by atoms with Gasteiger partial charge in [-0.2, -0.15) is 0 Å². The first-order chi connectivity index (χ1) is 18.3. The molecule has 39 heavy (non-hydrogen) atoms. The molecule has 10 heteroatoms. The third-order valence-electron chi connectivity index (χ3n) is 6.25. The lowest BCUT2D eigenvalue weighted by atomic mass is 9.75. The Morgan fingerprint density at radius 3 is 2.33 bits per heavy atom. The highest BCUT2D eigenvalue weighted by atomic mass is 16.6. The van der Waals surface area contributed by atoms with Crippen molar-refractivity contribution in [2.24, 2.45) is 10.9 Å². The van der Waals surface area contributed by atoms with Gasteiger partial charge in [0.05, 0.1) is 12.0 Å². The van der Waals surface area contributed by atoms with E-state index in [4.69, 9.17) is 9.47 Å². The van der Waals surface area contributed by atoms with E-state index in [1.165, 1.54) is 25.3 Å². The molecule has 2 aromatic rings. The van der Waals surface area contributed by atoms with E-state index >= 15 is 0 Å². The Hall–Kier alpha value is -4.34. The van der Waals surface area contributed by atoms with Crippen molar-refractivity contribution in [1.82, 2.24) is 5.32 Å². The van der Waals surface area contributed by atoms with Crippen LogP contribution in [0, 0.1) is 16.0 Å². The first-order valence-corrected chi connectivity index (χ1v) is 12.5. The number of nitrogens with one attached hydrogen (secondary N) is 1. The third-order valence-corrected chi connectivity index (χ3v) is 6.25. The second-order valence-electron chi connectivity index (χ2n) is 10.3. The first-order valence-electron chi connectivity index (χ1n) is 12.5. The summed E-state index contributed by atoms with van der Waals surface area (Å²) in [6.45, 7) is 8.46. The molecule has 2 unspecified atom stereocenters. The Balaban J connectivity index is 2.08. The highest BCUT2D eigenvalue weighted by molar-refractivity contribution is 6.08. The van der Waals surface area contributed by atoms with Crippen LogP contribution in [-0.4, -0.2) is 47.2 Å². The van der Waals surface area contributed by atoms with Gasteiger partial charge in [0.25, 0.3) is 5.69 Å². The summed E-state index contributed by atoms with van der Waals surface area (Å²) in [4.78, 5) is 55.4. The SMILES string of the molecule is COC(=O)C1C(C)=NC(C)=C(C(=O)N[C@@H](Cc2ccccc2)C(=O)OC(C)(C)C)C1c1cccc([N+](=O)[O-])c1. The summed E-state index contributed by atoms with van der Waals surface area (Å²) >= 11 is 0. The van der Waals surface area contributed by atoms with Gasteiger partial charge in [-0.3, -0.25) is 24.7 Å². The molecule has 1 N–H and O–H groups in total. The number of non-ortho nitro benzene ring substituents is 1. The Kier molecular flexibility index (Phi) is 9.00. The molecular weight excluding hydrogens is 502 g/mol. The molecule has 0 radical (unpaired) electrons. The summed E-state index contributed by atoms with van der Waals surface area (Å²) in [5.41, 5.74) is 1.03. The second kappa shape index (κ2) is 12.0. The summed E-state index contributed by atoms with van der Waals surface area (Å²) in [7, 11) is 1.23. The molecule has 0 aromatic heterocycles. The van der Waals surface area contributed by atoms with Crippen molar-refractivity contribution in [3.05, 3.63) is 87.1 Å². The number of amides is 1. The summed E-state index contributed by atoms with van der Waals surface area (Å²) in [5, 5.41) is 14.3. The highest BCUT2D eigenvalue weighted by Gasteiger charge is 2.43. The summed E-state index contributed by atoms with van der Waals surface area (Å²) in [6.07, 6.45) is 0.165. The van der Waals surface area contributed by atoms with Gasteiger partial charge in [0.2, 0.25) is 5.91 Å². The first kappa shape index (κ1) is 29.2. The molecule has 0 fully saturated rings. The zero-order chi connectivity index (χ0) is 28.9. The fourth-order valence-corrected chi connectivity index (χ4v) is 4.61. The monoisotopic (exact) mass is 535 g/mol. The van der Waals surface area contributed by atoms with Crippen LogP contribution < -0.4 is 5.32 Å². The van der Waals surface area contributed by atoms with E-state index in [0.29, 0.717) is 17.0 Å². The quantitative estimate of drug-likeness (QED) is 0.302. The minimum absolute atomic E-state index is 0.109. The zero-order valence-electron chi connectivity index (χ0n) is 22.9. The molecule has 1 amide bonds. The molecule has 1 aliphatic rings. The number of nitro groups is 1. The fourth-order valence-electron chi connectivity index (χ4n) is 4.61. The van der Waals surface area contributed by atoms with Crippen molar-refractivity contribution in [1.29, 1.82) is 0 Å². The number of esters is 2. The normalized spacial score (nSPS) is 18.1. The van der Waals surface area contributed by atoms with Crippen LogP contribution in [0.3, 0.4) is 0 Å². The zero-order valence-corrected chi connectivity index (χ0v) is 22.9. The van der Waals surface area contributed by atoms with Crippen molar-refractivity contribution in [3.8, 4) is 0 Å². The second-order valence-corrected chi connectivity index (χ2v) is 10.3. The number of aliphatic imine (C=N–C) groups is 1. The van der Waals surface area contributed by atoms with E-state index < -0.39 is 46.2 Å². The van der Waals surface area contributed by atoms with E-state index in [0.717, 1.165) is 5.56 Å². The van der Waals surface area contributed by atoms with Crippen molar-refractivity contribution in [3.63, 3.8) is 0 Å². The minimum Gasteiger partial charge on any atom is -0.468 e. The number of carbonyl (C=O) groups is 3. The van der Waals surface area contributed by atoms with Gasteiger partial charge < -0.3 is 14.8 Å². The molecule has 1 heterocycles. The van der Waals surface area contributed by atoms with Crippen LogP contribution in [0.25, 0.3) is 0 Å². The largest absolute Gasteiger partial charge is 0.468 e. The summed E-state index contributed by atoms with van der Waals surface area (Å²) < 4.78 is 10.6. The molecule has 0 saturated carbocycles. The maximum atomic E-state index is 13.9. The molecule has 1 aliphatic heterocycles. The fraction of sp³-hybridized carbons (Fsp3) is 0.379. The molecule has 3 atom stereocenters. The van der Waals surface area contributed by atoms with E-state index in [1.807, 2.05) is 30.3 Å². The van der Waals surface area contributed by atoms with Gasteiger partial charge in [-0.25, -0.2) is 4.79 Å². The van der Waals surface area contributed by atoms with Gasteiger partial charge in [0.15, 0.2) is 0 Å². The summed E-state index contributed by atoms with van der Waals surface area (Å²) in [5.74, 6) is -3.84. The number of benzene rings is 2. The number of carbonyl (C=O) groups excluding carboxylic acids is 3. The number of nitro benzene ring substituents is 1. The average molecular weight is 536 g/mol. The molecule has 2 aromatic carbocycles. The Morgan fingerprint density at radius 1 is 1.08 bits per heavy atom. The topological polar surface area (TPSA) is 137 Å². The molecule has 0 saturated heterocycles. The lowest BCUT2D eigenvalue weighted by molar-refractivity contribution is -0.384. The molecular formula is C29H33N3O7. The van der Waals surface area contributed by atoms with E-state index in [1.54, 1.807) is 40.7 Å². The lowest BCUT2D eigenvalue weighted by Crippen LogP contribution is -2.48. The van der Waals surface area contributed by atoms with Crippen LogP contribution in [-0.2, 0) is 30.3 Å². The van der Waals surface area contributed by atoms with Crippen LogP contribution >= 0.6 is 0 Å².